The molecule has 1 saturated carbocycles. The number of ether oxygens (including phenoxy) is 1. The van der Waals surface area contributed by atoms with E-state index in [0.717, 1.165) is 25.7 Å². The molecule has 92 valence electrons. The van der Waals surface area contributed by atoms with Crippen molar-refractivity contribution in [3.8, 4) is 0 Å². The maximum absolute atomic E-state index is 11.6. The smallest absolute Gasteiger partial charge is 0.337 e. The van der Waals surface area contributed by atoms with E-state index in [1.165, 1.54) is 6.42 Å². The third kappa shape index (κ3) is 3.73. The van der Waals surface area contributed by atoms with Gasteiger partial charge in [-0.2, -0.15) is 0 Å². The summed E-state index contributed by atoms with van der Waals surface area (Å²) in [7, 11) is 0. The van der Waals surface area contributed by atoms with Crippen LogP contribution >= 0.6 is 22.6 Å². The van der Waals surface area contributed by atoms with Crippen LogP contribution < -0.4 is 0 Å². The molecule has 0 unspecified atom stereocenters. The zero-order valence-corrected chi connectivity index (χ0v) is 11.8. The maximum Gasteiger partial charge on any atom is 0.337 e. The Labute approximate surface area is 110 Å². The minimum absolute atomic E-state index is 0.221. The van der Waals surface area contributed by atoms with Gasteiger partial charge >= 0.3 is 5.97 Å². The Morgan fingerprint density at radius 1 is 1.50 bits per heavy atom. The van der Waals surface area contributed by atoms with Gasteiger partial charge in [0, 0.05) is 0 Å². The second kappa shape index (κ2) is 7.27. The first-order chi connectivity index (χ1) is 7.70. The van der Waals surface area contributed by atoms with E-state index >= 15 is 0 Å². The molecule has 1 atom stereocenters. The Kier molecular flexibility index (Phi) is 6.34. The molecule has 0 heterocycles. The van der Waals surface area contributed by atoms with E-state index in [-0.39, 0.29) is 11.9 Å². The molecule has 1 aliphatic carbocycles. The standard InChI is InChI=1S/C12H19IO3/c1-2-16-12(15)10(8-13)11(14)9-6-4-3-5-7-9/h8-9,11,14H,2-7H2,1H3/b10-8-/t11-/m0/s1. The third-order valence-electron chi connectivity index (χ3n) is 3.04. The predicted molar refractivity (Wildman–Crippen MR) is 71.3 cm³/mol. The molecule has 0 aromatic heterocycles. The van der Waals surface area contributed by atoms with Crippen molar-refractivity contribution in [2.24, 2.45) is 5.92 Å². The first kappa shape index (κ1) is 14.0. The molecule has 4 heteroatoms. The lowest BCUT2D eigenvalue weighted by Gasteiger charge is -2.27. The summed E-state index contributed by atoms with van der Waals surface area (Å²) in [5.74, 6) is -0.158. The molecule has 0 aliphatic heterocycles. The van der Waals surface area contributed by atoms with Crippen molar-refractivity contribution in [2.75, 3.05) is 6.61 Å². The Morgan fingerprint density at radius 2 is 2.12 bits per heavy atom. The normalized spacial score (nSPS) is 20.6. The van der Waals surface area contributed by atoms with Crippen molar-refractivity contribution in [3.63, 3.8) is 0 Å². The van der Waals surface area contributed by atoms with Gasteiger partial charge in [0.1, 0.15) is 0 Å². The minimum atomic E-state index is -0.656. The van der Waals surface area contributed by atoms with Crippen molar-refractivity contribution in [1.29, 1.82) is 0 Å². The number of hydrogen-bond acceptors (Lipinski definition) is 3. The average molecular weight is 338 g/mol. The van der Waals surface area contributed by atoms with E-state index in [4.69, 9.17) is 4.74 Å². The van der Waals surface area contributed by atoms with Crippen LogP contribution in [0.4, 0.5) is 0 Å². The molecule has 1 fully saturated rings. The monoisotopic (exact) mass is 338 g/mol. The highest BCUT2D eigenvalue weighted by Crippen LogP contribution is 2.30. The molecule has 0 saturated heterocycles. The second-order valence-electron chi connectivity index (χ2n) is 4.13. The molecule has 1 aliphatic rings. The Bertz CT molecular complexity index is 257. The summed E-state index contributed by atoms with van der Waals surface area (Å²) < 4.78 is 6.58. The Morgan fingerprint density at radius 3 is 2.62 bits per heavy atom. The van der Waals surface area contributed by atoms with Crippen LogP contribution in [0.1, 0.15) is 39.0 Å². The van der Waals surface area contributed by atoms with Crippen LogP contribution in [0, 0.1) is 5.92 Å². The fraction of sp³-hybridized carbons (Fsp3) is 0.750. The van der Waals surface area contributed by atoms with Gasteiger partial charge in [-0.15, -0.1) is 0 Å². The molecule has 0 aromatic carbocycles. The Hall–Kier alpha value is -0.100. The first-order valence-electron chi connectivity index (χ1n) is 5.86. The predicted octanol–water partition coefficient (Wildman–Crippen LogP) is 2.81. The summed E-state index contributed by atoms with van der Waals surface area (Å²) in [5.41, 5.74) is 0.411. The highest BCUT2D eigenvalue weighted by atomic mass is 127. The third-order valence-corrected chi connectivity index (χ3v) is 3.71. The van der Waals surface area contributed by atoms with Crippen molar-refractivity contribution >= 4 is 28.6 Å². The van der Waals surface area contributed by atoms with Gasteiger partial charge in [0.25, 0.3) is 0 Å². The number of rotatable bonds is 4. The van der Waals surface area contributed by atoms with Crippen molar-refractivity contribution in [1.82, 2.24) is 0 Å². The topological polar surface area (TPSA) is 46.5 Å². The molecule has 0 aromatic rings. The van der Waals surface area contributed by atoms with E-state index in [2.05, 4.69) is 0 Å². The molecule has 0 spiro atoms. The number of carbonyl (C=O) groups excluding carboxylic acids is 1. The summed E-state index contributed by atoms with van der Waals surface area (Å²) in [4.78, 5) is 11.6. The number of esters is 1. The highest BCUT2D eigenvalue weighted by molar-refractivity contribution is 14.1. The average Bonchev–Trinajstić information content (AvgIpc) is 2.31. The lowest BCUT2D eigenvalue weighted by Crippen LogP contribution is -2.29. The molecule has 1 N–H and O–H groups in total. The molecule has 16 heavy (non-hydrogen) atoms. The number of aliphatic hydroxyl groups is 1. The lowest BCUT2D eigenvalue weighted by molar-refractivity contribution is -0.140. The summed E-state index contributed by atoms with van der Waals surface area (Å²) in [6.45, 7) is 2.12. The van der Waals surface area contributed by atoms with Gasteiger partial charge in [-0.05, 0) is 29.8 Å². The highest BCUT2D eigenvalue weighted by Gasteiger charge is 2.28. The fourth-order valence-electron chi connectivity index (χ4n) is 2.15. The molecule has 0 radical (unpaired) electrons. The van der Waals surface area contributed by atoms with Gasteiger partial charge in [0.05, 0.1) is 18.3 Å². The van der Waals surface area contributed by atoms with Crippen LogP contribution in [0.15, 0.2) is 9.66 Å². The first-order valence-corrected chi connectivity index (χ1v) is 7.10. The van der Waals surface area contributed by atoms with Crippen LogP contribution in [0.5, 0.6) is 0 Å². The van der Waals surface area contributed by atoms with Gasteiger partial charge in [0.15, 0.2) is 0 Å². The van der Waals surface area contributed by atoms with Crippen molar-refractivity contribution in [2.45, 2.75) is 45.1 Å². The van der Waals surface area contributed by atoms with Crippen molar-refractivity contribution in [3.05, 3.63) is 9.66 Å². The van der Waals surface area contributed by atoms with Crippen LogP contribution in [0.25, 0.3) is 0 Å². The van der Waals surface area contributed by atoms with Crippen LogP contribution in [-0.4, -0.2) is 23.8 Å². The van der Waals surface area contributed by atoms with Crippen LogP contribution in [-0.2, 0) is 9.53 Å². The Balaban J connectivity index is 2.61. The fourth-order valence-corrected chi connectivity index (χ4v) is 2.77. The van der Waals surface area contributed by atoms with Crippen molar-refractivity contribution < 1.29 is 14.6 Å². The van der Waals surface area contributed by atoms with Gasteiger partial charge in [-0.3, -0.25) is 0 Å². The van der Waals surface area contributed by atoms with E-state index in [1.807, 2.05) is 22.6 Å². The van der Waals surface area contributed by atoms with E-state index < -0.39 is 6.10 Å². The second-order valence-corrected chi connectivity index (χ2v) is 4.75. The van der Waals surface area contributed by atoms with Gasteiger partial charge in [-0.25, -0.2) is 4.79 Å². The molecular weight excluding hydrogens is 319 g/mol. The zero-order valence-electron chi connectivity index (χ0n) is 9.62. The number of halogens is 1. The zero-order chi connectivity index (χ0) is 12.0. The van der Waals surface area contributed by atoms with Crippen LogP contribution in [0.3, 0.4) is 0 Å². The number of aliphatic hydroxyl groups excluding tert-OH is 1. The summed E-state index contributed by atoms with van der Waals surface area (Å²) in [5, 5.41) is 10.2. The van der Waals surface area contributed by atoms with Gasteiger partial charge in [0.2, 0.25) is 0 Å². The number of carbonyl (C=O) groups is 1. The molecule has 3 nitrogen and oxygen atoms in total. The molecular formula is C12H19IO3. The summed E-state index contributed by atoms with van der Waals surface area (Å²) >= 11 is 1.99. The van der Waals surface area contributed by atoms with Gasteiger partial charge < -0.3 is 9.84 Å². The van der Waals surface area contributed by atoms with Gasteiger partial charge in [-0.1, -0.05) is 41.9 Å². The van der Waals surface area contributed by atoms with E-state index in [0.29, 0.717) is 12.2 Å². The summed E-state index contributed by atoms with van der Waals surface area (Å²) in [6, 6.07) is 0. The van der Waals surface area contributed by atoms with Crippen LogP contribution in [0.2, 0.25) is 0 Å². The largest absolute Gasteiger partial charge is 0.463 e. The van der Waals surface area contributed by atoms with E-state index in [1.54, 1.807) is 11.0 Å². The quantitative estimate of drug-likeness (QED) is 0.487. The molecule has 0 amide bonds. The SMILES string of the molecule is CCOC(=O)/C(=C\I)[C@@H](O)C1CCCCC1. The summed E-state index contributed by atoms with van der Waals surface area (Å²) in [6.07, 6.45) is 4.91. The molecule has 1 rings (SSSR count). The maximum atomic E-state index is 11.6. The lowest BCUT2D eigenvalue weighted by atomic mass is 9.83. The number of hydrogen-bond donors (Lipinski definition) is 1. The molecule has 0 bridgehead atoms. The van der Waals surface area contributed by atoms with E-state index in [9.17, 15) is 9.90 Å². The minimum Gasteiger partial charge on any atom is -0.463 e.